The van der Waals surface area contributed by atoms with Gasteiger partial charge in [-0.05, 0) is 33.9 Å². The van der Waals surface area contributed by atoms with Crippen molar-refractivity contribution in [1.29, 1.82) is 0 Å². The summed E-state index contributed by atoms with van der Waals surface area (Å²) in [5.74, 6) is -0.550. The van der Waals surface area contributed by atoms with Gasteiger partial charge in [0.25, 0.3) is 0 Å². The van der Waals surface area contributed by atoms with Gasteiger partial charge in [0.2, 0.25) is 0 Å². The van der Waals surface area contributed by atoms with Crippen LogP contribution >= 0.6 is 0 Å². The Labute approximate surface area is 85.4 Å². The Kier molecular flexibility index (Phi) is 7.06. The van der Waals surface area contributed by atoms with Crippen molar-refractivity contribution in [2.24, 2.45) is 0 Å². The maximum Gasteiger partial charge on any atom is 0.365 e. The molecule has 14 heavy (non-hydrogen) atoms. The number of carbonyl (C=O) groups is 1. The minimum absolute atomic E-state index is 0.428. The van der Waals surface area contributed by atoms with Gasteiger partial charge in [-0.25, -0.2) is 4.79 Å². The summed E-state index contributed by atoms with van der Waals surface area (Å²) in [7, 11) is 4.06. The molecule has 0 aromatic heterocycles. The van der Waals surface area contributed by atoms with Crippen molar-refractivity contribution in [2.75, 3.05) is 20.7 Å². The molecular weight excluding hydrogens is 182 g/mol. The first-order chi connectivity index (χ1) is 6.57. The zero-order valence-electron chi connectivity index (χ0n) is 9.16. The van der Waals surface area contributed by atoms with Crippen LogP contribution < -0.4 is 0 Å². The van der Waals surface area contributed by atoms with E-state index in [4.69, 9.17) is 0 Å². The summed E-state index contributed by atoms with van der Waals surface area (Å²) in [6.07, 6.45) is 2.95. The van der Waals surface area contributed by atoms with Crippen LogP contribution in [0, 0.1) is 0 Å². The van der Waals surface area contributed by atoms with Crippen molar-refractivity contribution in [3.63, 3.8) is 0 Å². The molecule has 0 amide bonds. The highest BCUT2D eigenvalue weighted by Gasteiger charge is 2.04. The van der Waals surface area contributed by atoms with Crippen LogP contribution in [-0.2, 0) is 14.6 Å². The van der Waals surface area contributed by atoms with Crippen molar-refractivity contribution in [1.82, 2.24) is 4.90 Å². The minimum Gasteiger partial charge on any atom is -0.307 e. The van der Waals surface area contributed by atoms with Crippen LogP contribution in [0.3, 0.4) is 0 Å². The molecule has 0 aromatic rings. The molecule has 0 aliphatic heterocycles. The molecule has 0 heterocycles. The summed E-state index contributed by atoms with van der Waals surface area (Å²) in [5, 5.41) is 0. The number of hydrogen-bond donors (Lipinski definition) is 0. The van der Waals surface area contributed by atoms with Gasteiger partial charge < -0.3 is 4.90 Å². The fraction of sp³-hybridized carbons (Fsp3) is 0.700. The van der Waals surface area contributed by atoms with E-state index in [1.54, 1.807) is 0 Å². The Balaban J connectivity index is 3.29. The quantitative estimate of drug-likeness (QED) is 0.270. The zero-order chi connectivity index (χ0) is 11.0. The standard InChI is InChI=1S/C10H19NO3/c1-5-10(12)14-13-8-6-7-9(2)11(3)4/h5,9H,1,6-8H2,2-4H3. The van der Waals surface area contributed by atoms with Gasteiger partial charge in [-0.1, -0.05) is 6.58 Å². The molecule has 0 spiro atoms. The minimum atomic E-state index is -0.550. The predicted molar refractivity (Wildman–Crippen MR) is 54.6 cm³/mol. The lowest BCUT2D eigenvalue weighted by molar-refractivity contribution is -0.267. The third-order valence-corrected chi connectivity index (χ3v) is 2.04. The van der Waals surface area contributed by atoms with Crippen LogP contribution in [0.2, 0.25) is 0 Å². The summed E-state index contributed by atoms with van der Waals surface area (Å²) in [6, 6.07) is 0.508. The van der Waals surface area contributed by atoms with E-state index in [0.29, 0.717) is 12.6 Å². The van der Waals surface area contributed by atoms with E-state index in [-0.39, 0.29) is 0 Å². The third-order valence-electron chi connectivity index (χ3n) is 2.04. The predicted octanol–water partition coefficient (Wildman–Crippen LogP) is 1.38. The zero-order valence-corrected chi connectivity index (χ0v) is 9.16. The molecule has 0 bridgehead atoms. The van der Waals surface area contributed by atoms with Gasteiger partial charge >= 0.3 is 5.97 Å². The second-order valence-electron chi connectivity index (χ2n) is 3.38. The molecule has 4 nitrogen and oxygen atoms in total. The highest BCUT2D eigenvalue weighted by Crippen LogP contribution is 2.02. The fourth-order valence-electron chi connectivity index (χ4n) is 0.830. The third kappa shape index (κ3) is 6.62. The van der Waals surface area contributed by atoms with E-state index in [1.807, 2.05) is 14.1 Å². The first-order valence-electron chi connectivity index (χ1n) is 4.70. The maximum atomic E-state index is 10.5. The second-order valence-corrected chi connectivity index (χ2v) is 3.38. The molecule has 0 aliphatic carbocycles. The number of hydrogen-bond acceptors (Lipinski definition) is 4. The summed E-state index contributed by atoms with van der Waals surface area (Å²) in [5.41, 5.74) is 0. The monoisotopic (exact) mass is 201 g/mol. The molecule has 0 saturated heterocycles. The van der Waals surface area contributed by atoms with Crippen LogP contribution in [0.25, 0.3) is 0 Å². The van der Waals surface area contributed by atoms with Gasteiger partial charge in [0.1, 0.15) is 0 Å². The van der Waals surface area contributed by atoms with Gasteiger partial charge in [-0.2, -0.15) is 4.89 Å². The van der Waals surface area contributed by atoms with Gasteiger partial charge in [0, 0.05) is 12.1 Å². The molecule has 0 aliphatic rings. The molecule has 0 N–H and O–H groups in total. The summed E-state index contributed by atoms with van der Waals surface area (Å²) >= 11 is 0. The first kappa shape index (κ1) is 13.1. The van der Waals surface area contributed by atoms with E-state index < -0.39 is 5.97 Å². The van der Waals surface area contributed by atoms with Crippen molar-refractivity contribution in [3.8, 4) is 0 Å². The lowest BCUT2D eigenvalue weighted by Crippen LogP contribution is -2.24. The SMILES string of the molecule is C=CC(=O)OOCCCC(C)N(C)C. The average Bonchev–Trinajstić information content (AvgIpc) is 2.16. The summed E-state index contributed by atoms with van der Waals surface area (Å²) in [6.45, 7) is 5.81. The van der Waals surface area contributed by atoms with Gasteiger partial charge in [0.15, 0.2) is 0 Å². The lowest BCUT2D eigenvalue weighted by Gasteiger charge is -2.18. The Hall–Kier alpha value is -0.870. The molecule has 1 atom stereocenters. The van der Waals surface area contributed by atoms with Crippen LogP contribution in [0.4, 0.5) is 0 Å². The van der Waals surface area contributed by atoms with E-state index >= 15 is 0 Å². The van der Waals surface area contributed by atoms with Crippen molar-refractivity contribution < 1.29 is 14.6 Å². The lowest BCUT2D eigenvalue weighted by atomic mass is 10.2. The molecule has 82 valence electrons. The number of rotatable bonds is 7. The van der Waals surface area contributed by atoms with Crippen LogP contribution in [0.1, 0.15) is 19.8 Å². The average molecular weight is 201 g/mol. The highest BCUT2D eigenvalue weighted by atomic mass is 17.2. The van der Waals surface area contributed by atoms with E-state index in [1.165, 1.54) is 0 Å². The van der Waals surface area contributed by atoms with Gasteiger partial charge in [-0.3, -0.25) is 4.89 Å². The molecule has 0 rings (SSSR count). The maximum absolute atomic E-state index is 10.5. The normalized spacial score (nSPS) is 12.6. The van der Waals surface area contributed by atoms with Gasteiger partial charge in [-0.15, -0.1) is 0 Å². The van der Waals surface area contributed by atoms with Crippen molar-refractivity contribution in [3.05, 3.63) is 12.7 Å². The first-order valence-corrected chi connectivity index (χ1v) is 4.70. The smallest absolute Gasteiger partial charge is 0.307 e. The van der Waals surface area contributed by atoms with E-state index in [0.717, 1.165) is 18.9 Å². The largest absolute Gasteiger partial charge is 0.365 e. The van der Waals surface area contributed by atoms with Crippen molar-refractivity contribution >= 4 is 5.97 Å². The topological polar surface area (TPSA) is 38.8 Å². The van der Waals surface area contributed by atoms with Crippen LogP contribution in [0.5, 0.6) is 0 Å². The van der Waals surface area contributed by atoms with Gasteiger partial charge in [0.05, 0.1) is 6.61 Å². The Morgan fingerprint density at radius 2 is 2.21 bits per heavy atom. The molecule has 1 unspecified atom stereocenters. The van der Waals surface area contributed by atoms with E-state index in [9.17, 15) is 4.79 Å². The number of nitrogens with zero attached hydrogens (tertiary/aromatic N) is 1. The fourth-order valence-corrected chi connectivity index (χ4v) is 0.830. The van der Waals surface area contributed by atoms with Crippen LogP contribution in [0.15, 0.2) is 12.7 Å². The van der Waals surface area contributed by atoms with E-state index in [2.05, 4.69) is 28.2 Å². The molecular formula is C10H19NO3. The Bertz CT molecular complexity index is 180. The molecule has 0 radical (unpaired) electrons. The molecule has 4 heteroatoms. The van der Waals surface area contributed by atoms with Crippen LogP contribution in [-0.4, -0.2) is 37.6 Å². The molecule has 0 fully saturated rings. The molecule has 0 aromatic carbocycles. The van der Waals surface area contributed by atoms with Crippen molar-refractivity contribution in [2.45, 2.75) is 25.8 Å². The Morgan fingerprint density at radius 3 is 2.71 bits per heavy atom. The molecule has 0 saturated carbocycles. The Morgan fingerprint density at radius 1 is 1.57 bits per heavy atom. The highest BCUT2D eigenvalue weighted by molar-refractivity contribution is 5.80. The summed E-state index contributed by atoms with van der Waals surface area (Å²) in [4.78, 5) is 21.7. The summed E-state index contributed by atoms with van der Waals surface area (Å²) < 4.78 is 0. The second kappa shape index (κ2) is 7.53. The number of carbonyl (C=O) groups excluding carboxylic acids is 1.